The van der Waals surface area contributed by atoms with Gasteiger partial charge in [0.1, 0.15) is 18.0 Å². The number of rotatable bonds is 7. The van der Waals surface area contributed by atoms with Crippen molar-refractivity contribution in [3.63, 3.8) is 0 Å². The van der Waals surface area contributed by atoms with E-state index in [9.17, 15) is 10.1 Å². The molecule has 3 aromatic rings. The third-order valence-corrected chi connectivity index (χ3v) is 5.43. The van der Waals surface area contributed by atoms with E-state index in [4.69, 9.17) is 4.74 Å². The number of pyridine rings is 2. The standard InChI is InChI=1S/C22H21BrN6O2/c23-15-2-1-3-16(8-15)29-22-14(10-24)11-27-18-12-28-21(9-17(18)22)26-5-4-19(30)20-13-25-6-7-31-20/h1-3,8-9,11-12,20,25H,4-7,13H2,(H,26,28)(H,27,29). The van der Waals surface area contributed by atoms with Gasteiger partial charge in [-0.05, 0) is 24.3 Å². The van der Waals surface area contributed by atoms with Crippen molar-refractivity contribution in [2.45, 2.75) is 12.5 Å². The predicted molar refractivity (Wildman–Crippen MR) is 122 cm³/mol. The molecule has 1 saturated heterocycles. The summed E-state index contributed by atoms with van der Waals surface area (Å²) in [4.78, 5) is 21.0. The summed E-state index contributed by atoms with van der Waals surface area (Å²) >= 11 is 3.46. The molecule has 1 fully saturated rings. The van der Waals surface area contributed by atoms with Crippen LogP contribution in [0.2, 0.25) is 0 Å². The molecule has 8 nitrogen and oxygen atoms in total. The molecule has 0 saturated carbocycles. The minimum absolute atomic E-state index is 0.0610. The summed E-state index contributed by atoms with van der Waals surface area (Å²) in [6, 6.07) is 11.7. The average molecular weight is 481 g/mol. The van der Waals surface area contributed by atoms with E-state index in [1.165, 1.54) is 6.20 Å². The lowest BCUT2D eigenvalue weighted by atomic mass is 10.1. The fourth-order valence-electron chi connectivity index (χ4n) is 3.37. The summed E-state index contributed by atoms with van der Waals surface area (Å²) in [5.41, 5.74) is 2.60. The molecule has 4 rings (SSSR count). The van der Waals surface area contributed by atoms with Crippen molar-refractivity contribution in [1.82, 2.24) is 15.3 Å². The molecule has 0 bridgehead atoms. The van der Waals surface area contributed by atoms with Crippen LogP contribution in [0.3, 0.4) is 0 Å². The predicted octanol–water partition coefficient (Wildman–Crippen LogP) is 3.37. The summed E-state index contributed by atoms with van der Waals surface area (Å²) < 4.78 is 6.43. The zero-order valence-corrected chi connectivity index (χ0v) is 18.3. The number of anilines is 3. The van der Waals surface area contributed by atoms with E-state index >= 15 is 0 Å². The van der Waals surface area contributed by atoms with Gasteiger partial charge in [0.2, 0.25) is 0 Å². The lowest BCUT2D eigenvalue weighted by Gasteiger charge is -2.22. The molecule has 3 heterocycles. The first-order valence-electron chi connectivity index (χ1n) is 9.94. The first kappa shape index (κ1) is 21.2. The summed E-state index contributed by atoms with van der Waals surface area (Å²) in [5.74, 6) is 0.670. The number of nitrogens with one attached hydrogen (secondary N) is 3. The topological polar surface area (TPSA) is 112 Å². The number of fused-ring (bicyclic) bond motifs is 1. The second-order valence-corrected chi connectivity index (χ2v) is 8.00. The van der Waals surface area contributed by atoms with Gasteiger partial charge in [0.15, 0.2) is 5.78 Å². The lowest BCUT2D eigenvalue weighted by molar-refractivity contribution is -0.131. The molecular weight excluding hydrogens is 460 g/mol. The number of nitrogens with zero attached hydrogens (tertiary/aromatic N) is 3. The maximum atomic E-state index is 12.3. The Balaban J connectivity index is 1.53. The Labute approximate surface area is 188 Å². The number of aromatic nitrogens is 2. The maximum Gasteiger partial charge on any atom is 0.164 e. The molecule has 1 aromatic carbocycles. The Morgan fingerprint density at radius 3 is 3.00 bits per heavy atom. The van der Waals surface area contributed by atoms with E-state index in [1.54, 1.807) is 6.20 Å². The molecule has 1 atom stereocenters. The molecule has 0 radical (unpaired) electrons. The van der Waals surface area contributed by atoms with Crippen LogP contribution in [0.15, 0.2) is 47.2 Å². The van der Waals surface area contributed by atoms with Crippen molar-refractivity contribution in [1.29, 1.82) is 5.26 Å². The molecule has 0 aliphatic carbocycles. The molecule has 1 aliphatic heterocycles. The Kier molecular flexibility index (Phi) is 6.72. The van der Waals surface area contributed by atoms with Crippen LogP contribution in [0, 0.1) is 11.3 Å². The normalized spacial score (nSPS) is 15.9. The highest BCUT2D eigenvalue weighted by Crippen LogP contribution is 2.30. The van der Waals surface area contributed by atoms with Crippen LogP contribution >= 0.6 is 15.9 Å². The number of morpholine rings is 1. The van der Waals surface area contributed by atoms with E-state index in [-0.39, 0.29) is 11.9 Å². The van der Waals surface area contributed by atoms with E-state index < -0.39 is 0 Å². The van der Waals surface area contributed by atoms with E-state index in [0.717, 1.165) is 22.1 Å². The molecule has 1 unspecified atom stereocenters. The van der Waals surface area contributed by atoms with Crippen molar-refractivity contribution in [3.05, 3.63) is 52.8 Å². The Morgan fingerprint density at radius 1 is 1.32 bits per heavy atom. The van der Waals surface area contributed by atoms with Crippen molar-refractivity contribution in [2.75, 3.05) is 36.9 Å². The van der Waals surface area contributed by atoms with Gasteiger partial charge >= 0.3 is 0 Å². The van der Waals surface area contributed by atoms with Gasteiger partial charge in [-0.3, -0.25) is 9.78 Å². The zero-order valence-electron chi connectivity index (χ0n) is 16.7. The van der Waals surface area contributed by atoms with Gasteiger partial charge in [-0.1, -0.05) is 22.0 Å². The number of hydrogen-bond acceptors (Lipinski definition) is 8. The van der Waals surface area contributed by atoms with Gasteiger partial charge < -0.3 is 20.7 Å². The number of halogens is 1. The summed E-state index contributed by atoms with van der Waals surface area (Å²) in [6.07, 6.45) is 3.14. The average Bonchev–Trinajstić information content (AvgIpc) is 2.80. The Bertz CT molecular complexity index is 1140. The van der Waals surface area contributed by atoms with Crippen molar-refractivity contribution in [2.24, 2.45) is 0 Å². The smallest absolute Gasteiger partial charge is 0.164 e. The number of hydrogen-bond donors (Lipinski definition) is 3. The second-order valence-electron chi connectivity index (χ2n) is 7.09. The highest BCUT2D eigenvalue weighted by Gasteiger charge is 2.21. The number of ether oxygens (including phenoxy) is 1. The van der Waals surface area contributed by atoms with Gasteiger partial charge in [-0.25, -0.2) is 4.98 Å². The summed E-state index contributed by atoms with van der Waals surface area (Å²) in [6.45, 7) is 2.33. The number of ketones is 1. The number of carbonyl (C=O) groups excluding carboxylic acids is 1. The fourth-order valence-corrected chi connectivity index (χ4v) is 3.77. The maximum absolute atomic E-state index is 12.3. The largest absolute Gasteiger partial charge is 0.370 e. The van der Waals surface area contributed by atoms with Gasteiger partial charge in [0, 0.05) is 47.8 Å². The molecule has 2 aromatic heterocycles. The van der Waals surface area contributed by atoms with Crippen molar-refractivity contribution in [3.8, 4) is 6.07 Å². The van der Waals surface area contributed by atoms with Crippen LogP contribution in [0.5, 0.6) is 0 Å². The first-order chi connectivity index (χ1) is 15.1. The molecule has 0 spiro atoms. The van der Waals surface area contributed by atoms with Crippen LogP contribution in [-0.2, 0) is 9.53 Å². The van der Waals surface area contributed by atoms with Crippen molar-refractivity contribution >= 4 is 49.8 Å². The molecule has 9 heteroatoms. The molecule has 1 aliphatic rings. The lowest BCUT2D eigenvalue weighted by Crippen LogP contribution is -2.43. The quantitative estimate of drug-likeness (QED) is 0.471. The van der Waals surface area contributed by atoms with Gasteiger partial charge in [0.05, 0.1) is 29.6 Å². The molecule has 31 heavy (non-hydrogen) atoms. The van der Waals surface area contributed by atoms with E-state index in [0.29, 0.717) is 48.7 Å². The van der Waals surface area contributed by atoms with Crippen LogP contribution in [0.1, 0.15) is 12.0 Å². The van der Waals surface area contributed by atoms with Crippen LogP contribution in [0.25, 0.3) is 10.9 Å². The van der Waals surface area contributed by atoms with Gasteiger partial charge in [-0.2, -0.15) is 5.26 Å². The Hall–Kier alpha value is -3.06. The third-order valence-electron chi connectivity index (χ3n) is 4.93. The highest BCUT2D eigenvalue weighted by molar-refractivity contribution is 9.10. The monoisotopic (exact) mass is 480 g/mol. The molecule has 0 amide bonds. The fraction of sp³-hybridized carbons (Fsp3) is 0.273. The van der Waals surface area contributed by atoms with Gasteiger partial charge in [0.25, 0.3) is 0 Å². The molecule has 3 N–H and O–H groups in total. The molecule has 158 valence electrons. The molecular formula is C22H21BrN6O2. The van der Waals surface area contributed by atoms with Crippen LogP contribution in [0.4, 0.5) is 17.2 Å². The van der Waals surface area contributed by atoms with Crippen LogP contribution in [-0.4, -0.2) is 48.1 Å². The van der Waals surface area contributed by atoms with Crippen LogP contribution < -0.4 is 16.0 Å². The SMILES string of the molecule is N#Cc1cnc2cnc(NCCC(=O)C3CNCCO3)cc2c1Nc1cccc(Br)c1. The highest BCUT2D eigenvalue weighted by atomic mass is 79.9. The number of Topliss-reactive ketones (excluding diaryl/α,β-unsaturated/α-hetero) is 1. The zero-order chi connectivity index (χ0) is 21.6. The first-order valence-corrected chi connectivity index (χ1v) is 10.7. The second kappa shape index (κ2) is 9.83. The number of carbonyl (C=O) groups is 1. The van der Waals surface area contributed by atoms with E-state index in [1.807, 2.05) is 30.3 Å². The third kappa shape index (κ3) is 5.17. The number of benzene rings is 1. The minimum atomic E-state index is -0.386. The number of nitriles is 1. The van der Waals surface area contributed by atoms with Crippen molar-refractivity contribution < 1.29 is 9.53 Å². The minimum Gasteiger partial charge on any atom is -0.370 e. The van der Waals surface area contributed by atoms with E-state index in [2.05, 4.69) is 47.9 Å². The Morgan fingerprint density at radius 2 is 2.23 bits per heavy atom. The van der Waals surface area contributed by atoms with Gasteiger partial charge in [-0.15, -0.1) is 0 Å². The summed E-state index contributed by atoms with van der Waals surface area (Å²) in [5, 5.41) is 20.0. The summed E-state index contributed by atoms with van der Waals surface area (Å²) in [7, 11) is 0.